The first-order valence-electron chi connectivity index (χ1n) is 6.71. The van der Waals surface area contributed by atoms with Crippen LogP contribution in [0.3, 0.4) is 0 Å². The molecule has 20 heavy (non-hydrogen) atoms. The number of benzene rings is 1. The molecule has 5 nitrogen and oxygen atoms in total. The van der Waals surface area contributed by atoms with Crippen molar-refractivity contribution >= 4 is 15.5 Å². The number of hydrogen-bond acceptors (Lipinski definition) is 5. The molecule has 1 aromatic rings. The minimum absolute atomic E-state index is 0.0811. The lowest BCUT2D eigenvalue weighted by molar-refractivity contribution is -0.136. The molecule has 0 radical (unpaired) electrons. The highest BCUT2D eigenvalue weighted by Crippen LogP contribution is 2.25. The molecule has 1 aromatic carbocycles. The fraction of sp³-hybridized carbons (Fsp3) is 0.571. The smallest absolute Gasteiger partial charge is 0.180 e. The van der Waals surface area contributed by atoms with Gasteiger partial charge in [0.2, 0.25) is 0 Å². The van der Waals surface area contributed by atoms with E-state index in [0.29, 0.717) is 23.7 Å². The van der Waals surface area contributed by atoms with Crippen molar-refractivity contribution in [1.82, 2.24) is 0 Å². The van der Waals surface area contributed by atoms with Crippen molar-refractivity contribution in [1.29, 1.82) is 0 Å². The van der Waals surface area contributed by atoms with Crippen LogP contribution >= 0.6 is 0 Å². The molecule has 0 amide bonds. The van der Waals surface area contributed by atoms with Crippen LogP contribution in [0.4, 0.5) is 5.69 Å². The molecule has 1 N–H and O–H groups in total. The minimum atomic E-state index is -3.23. The van der Waals surface area contributed by atoms with Gasteiger partial charge >= 0.3 is 0 Å². The first-order valence-corrected chi connectivity index (χ1v) is 8.37. The monoisotopic (exact) mass is 299 g/mol. The number of anilines is 1. The molecule has 0 aliphatic carbocycles. The van der Waals surface area contributed by atoms with Gasteiger partial charge in [-0.3, -0.25) is 0 Å². The van der Waals surface area contributed by atoms with Gasteiger partial charge in [0.15, 0.2) is 15.6 Å². The summed E-state index contributed by atoms with van der Waals surface area (Å²) in [5, 5.41) is 3.15. The van der Waals surface area contributed by atoms with E-state index in [0.717, 1.165) is 0 Å². The Morgan fingerprint density at radius 1 is 1.35 bits per heavy atom. The number of hydrogen-bond donors (Lipinski definition) is 1. The van der Waals surface area contributed by atoms with E-state index in [2.05, 4.69) is 5.32 Å². The maximum Gasteiger partial charge on any atom is 0.180 e. The lowest BCUT2D eigenvalue weighted by atomic mass is 10.3. The quantitative estimate of drug-likeness (QED) is 0.901. The number of sulfone groups is 1. The summed E-state index contributed by atoms with van der Waals surface area (Å²) in [7, 11) is -3.23. The van der Waals surface area contributed by atoms with E-state index >= 15 is 0 Å². The second kappa shape index (κ2) is 5.71. The highest BCUT2D eigenvalue weighted by molar-refractivity contribution is 7.91. The van der Waals surface area contributed by atoms with Crippen molar-refractivity contribution in [2.24, 2.45) is 0 Å². The van der Waals surface area contributed by atoms with Gasteiger partial charge in [-0.2, -0.15) is 0 Å². The predicted octanol–water partition coefficient (Wildman–Crippen LogP) is 2.04. The van der Waals surface area contributed by atoms with E-state index in [4.69, 9.17) is 9.47 Å². The van der Waals surface area contributed by atoms with Gasteiger partial charge in [-0.15, -0.1) is 0 Å². The fourth-order valence-electron chi connectivity index (χ4n) is 2.13. The van der Waals surface area contributed by atoms with Gasteiger partial charge in [-0.05, 0) is 26.0 Å². The van der Waals surface area contributed by atoms with Gasteiger partial charge in [-0.1, -0.05) is 19.1 Å². The maximum atomic E-state index is 12.0. The molecule has 1 saturated heterocycles. The molecular formula is C14H21NO4S. The second-order valence-electron chi connectivity index (χ2n) is 5.23. The number of ether oxygens (including phenoxy) is 2. The third kappa shape index (κ3) is 3.50. The Labute approximate surface area is 120 Å². The number of rotatable bonds is 5. The third-order valence-corrected chi connectivity index (χ3v) is 4.98. The van der Waals surface area contributed by atoms with E-state index < -0.39 is 15.6 Å². The molecule has 112 valence electrons. The van der Waals surface area contributed by atoms with Gasteiger partial charge in [0.05, 0.1) is 22.9 Å². The molecule has 0 aromatic heterocycles. The Morgan fingerprint density at radius 2 is 2.05 bits per heavy atom. The Balaban J connectivity index is 2.08. The van der Waals surface area contributed by atoms with Gasteiger partial charge in [-0.25, -0.2) is 8.42 Å². The van der Waals surface area contributed by atoms with Gasteiger partial charge in [0.25, 0.3) is 0 Å². The largest absolute Gasteiger partial charge is 0.381 e. The first-order chi connectivity index (χ1) is 9.34. The Hall–Kier alpha value is -1.11. The average Bonchev–Trinajstić information content (AvgIpc) is 2.76. The molecule has 1 fully saturated rings. The van der Waals surface area contributed by atoms with Crippen LogP contribution in [0.25, 0.3) is 0 Å². The molecule has 1 aliphatic heterocycles. The molecule has 0 bridgehead atoms. The number of para-hydroxylation sites is 1. The van der Waals surface area contributed by atoms with Gasteiger partial charge < -0.3 is 14.8 Å². The summed E-state index contributed by atoms with van der Waals surface area (Å²) in [5.74, 6) is -0.483. The van der Waals surface area contributed by atoms with Crippen LogP contribution < -0.4 is 5.32 Å². The Kier molecular flexibility index (Phi) is 4.36. The molecule has 1 atom stereocenters. The minimum Gasteiger partial charge on any atom is -0.381 e. The van der Waals surface area contributed by atoms with Crippen molar-refractivity contribution in [3.05, 3.63) is 24.3 Å². The lowest BCUT2D eigenvalue weighted by Gasteiger charge is -2.18. The van der Waals surface area contributed by atoms with E-state index in [1.807, 2.05) is 19.9 Å². The summed E-state index contributed by atoms with van der Waals surface area (Å²) >= 11 is 0. The SMILES string of the molecule is CCS(=O)(=O)c1ccccc1NCC1COC(C)(C)O1. The van der Waals surface area contributed by atoms with Crippen molar-refractivity contribution in [3.63, 3.8) is 0 Å². The summed E-state index contributed by atoms with van der Waals surface area (Å²) in [4.78, 5) is 0.334. The second-order valence-corrected chi connectivity index (χ2v) is 7.48. The van der Waals surface area contributed by atoms with Crippen molar-refractivity contribution in [2.75, 3.05) is 24.2 Å². The topological polar surface area (TPSA) is 64.6 Å². The zero-order chi connectivity index (χ0) is 14.8. The molecule has 2 rings (SSSR count). The van der Waals surface area contributed by atoms with E-state index in [1.54, 1.807) is 25.1 Å². The molecule has 0 spiro atoms. The number of nitrogens with one attached hydrogen (secondary N) is 1. The predicted molar refractivity (Wildman–Crippen MR) is 77.6 cm³/mol. The van der Waals surface area contributed by atoms with Crippen LogP contribution in [0.5, 0.6) is 0 Å². The van der Waals surface area contributed by atoms with E-state index in [9.17, 15) is 8.42 Å². The van der Waals surface area contributed by atoms with Crippen LogP contribution in [0.1, 0.15) is 20.8 Å². The summed E-state index contributed by atoms with van der Waals surface area (Å²) in [6.45, 7) is 6.38. The van der Waals surface area contributed by atoms with Crippen LogP contribution in [-0.2, 0) is 19.3 Å². The third-order valence-electron chi connectivity index (χ3n) is 3.19. The standard InChI is InChI=1S/C14H21NO4S/c1-4-20(16,17)13-8-6-5-7-12(13)15-9-11-10-18-14(2,3)19-11/h5-8,11,15H,4,9-10H2,1-3H3. The Bertz CT molecular complexity index is 568. The zero-order valence-electron chi connectivity index (χ0n) is 12.0. The molecule has 0 saturated carbocycles. The lowest BCUT2D eigenvalue weighted by Crippen LogP contribution is -2.26. The Morgan fingerprint density at radius 3 is 2.65 bits per heavy atom. The molecule has 1 heterocycles. The highest BCUT2D eigenvalue weighted by Gasteiger charge is 2.32. The molecule has 6 heteroatoms. The fourth-order valence-corrected chi connectivity index (χ4v) is 3.20. The summed E-state index contributed by atoms with van der Waals surface area (Å²) in [5.41, 5.74) is 0.614. The average molecular weight is 299 g/mol. The van der Waals surface area contributed by atoms with Gasteiger partial charge in [0.1, 0.15) is 6.10 Å². The van der Waals surface area contributed by atoms with Crippen LogP contribution in [0, 0.1) is 0 Å². The normalized spacial score (nSPS) is 21.9. The molecule has 1 aliphatic rings. The van der Waals surface area contributed by atoms with Crippen LogP contribution in [0.2, 0.25) is 0 Å². The van der Waals surface area contributed by atoms with Crippen LogP contribution in [0.15, 0.2) is 29.2 Å². The van der Waals surface area contributed by atoms with Crippen molar-refractivity contribution in [2.45, 2.75) is 37.6 Å². The molecule has 1 unspecified atom stereocenters. The van der Waals surface area contributed by atoms with Crippen LogP contribution in [-0.4, -0.2) is 39.2 Å². The molecular weight excluding hydrogens is 278 g/mol. The van der Waals surface area contributed by atoms with Gasteiger partial charge in [0, 0.05) is 6.54 Å². The summed E-state index contributed by atoms with van der Waals surface area (Å²) < 4.78 is 35.2. The first kappa shape index (κ1) is 15.3. The van der Waals surface area contributed by atoms with Crippen molar-refractivity contribution < 1.29 is 17.9 Å². The zero-order valence-corrected chi connectivity index (χ0v) is 12.9. The highest BCUT2D eigenvalue weighted by atomic mass is 32.2. The van der Waals surface area contributed by atoms with E-state index in [1.165, 1.54) is 0 Å². The summed E-state index contributed by atoms with van der Waals surface area (Å²) in [6, 6.07) is 6.93. The maximum absolute atomic E-state index is 12.0. The van der Waals surface area contributed by atoms with Crippen molar-refractivity contribution in [3.8, 4) is 0 Å². The summed E-state index contributed by atoms with van der Waals surface area (Å²) in [6.07, 6.45) is -0.0811. The van der Waals surface area contributed by atoms with E-state index in [-0.39, 0.29) is 11.9 Å².